The molecule has 2 aromatic heterocycles. The Morgan fingerprint density at radius 2 is 2.07 bits per heavy atom. The monoisotopic (exact) mass is 379 g/mol. The number of rotatable bonds is 6. The number of aromatic nitrogens is 4. The Hall–Kier alpha value is -3.68. The van der Waals surface area contributed by atoms with Crippen LogP contribution in [0.25, 0.3) is 11.0 Å². The number of halogens is 1. The van der Waals surface area contributed by atoms with Gasteiger partial charge in [-0.05, 0) is 30.3 Å². The number of ether oxygens (including phenoxy) is 1. The third-order valence-corrected chi connectivity index (χ3v) is 4.34. The minimum Gasteiger partial charge on any atom is -0.487 e. The van der Waals surface area contributed by atoms with E-state index in [4.69, 9.17) is 4.74 Å². The number of nitrogens with zero attached hydrogens (tertiary/aromatic N) is 3. The molecule has 142 valence electrons. The number of hydrogen-bond donors (Lipinski definition) is 2. The quantitative estimate of drug-likeness (QED) is 0.539. The zero-order valence-corrected chi connectivity index (χ0v) is 15.1. The van der Waals surface area contributed by atoms with E-state index in [-0.39, 0.29) is 30.6 Å². The highest BCUT2D eigenvalue weighted by Crippen LogP contribution is 2.15. The number of aryl methyl sites for hydroxylation is 1. The maximum Gasteiger partial charge on any atom is 0.272 e. The summed E-state index contributed by atoms with van der Waals surface area (Å²) in [6.07, 6.45) is 0. The molecule has 2 aromatic carbocycles. The van der Waals surface area contributed by atoms with Crippen LogP contribution in [0.15, 0.2) is 54.6 Å². The smallest absolute Gasteiger partial charge is 0.272 e. The fourth-order valence-corrected chi connectivity index (χ4v) is 2.87. The molecule has 28 heavy (non-hydrogen) atoms. The van der Waals surface area contributed by atoms with Gasteiger partial charge in [-0.2, -0.15) is 5.10 Å². The second-order valence-electron chi connectivity index (χ2n) is 6.28. The molecule has 4 rings (SSSR count). The number of amides is 1. The third kappa shape index (κ3) is 3.71. The van der Waals surface area contributed by atoms with Gasteiger partial charge < -0.3 is 14.6 Å². The summed E-state index contributed by atoms with van der Waals surface area (Å²) >= 11 is 0. The van der Waals surface area contributed by atoms with Crippen molar-refractivity contribution in [3.05, 3.63) is 77.6 Å². The first kappa shape index (κ1) is 17.7. The zero-order valence-electron chi connectivity index (χ0n) is 15.1. The Balaban J connectivity index is 1.36. The molecule has 0 aliphatic carbocycles. The van der Waals surface area contributed by atoms with Crippen molar-refractivity contribution < 1.29 is 13.9 Å². The van der Waals surface area contributed by atoms with Crippen molar-refractivity contribution in [2.45, 2.75) is 13.2 Å². The van der Waals surface area contributed by atoms with Crippen molar-refractivity contribution in [1.29, 1.82) is 0 Å². The first-order valence-corrected chi connectivity index (χ1v) is 8.71. The maximum atomic E-state index is 13.2. The van der Waals surface area contributed by atoms with Gasteiger partial charge in [0.15, 0.2) is 0 Å². The number of para-hydroxylation sites is 2. The summed E-state index contributed by atoms with van der Waals surface area (Å²) in [6, 6.07) is 15.2. The molecule has 1 amide bonds. The highest BCUT2D eigenvalue weighted by molar-refractivity contribution is 5.92. The average Bonchev–Trinajstić information content (AvgIpc) is 3.30. The number of hydrogen-bond acceptors (Lipinski definition) is 4. The van der Waals surface area contributed by atoms with E-state index in [1.165, 1.54) is 12.1 Å². The molecule has 4 aromatic rings. The Morgan fingerprint density at radius 3 is 2.89 bits per heavy atom. The van der Waals surface area contributed by atoms with Gasteiger partial charge in [-0.15, -0.1) is 0 Å². The van der Waals surface area contributed by atoms with Gasteiger partial charge in [0.1, 0.15) is 29.7 Å². The predicted molar refractivity (Wildman–Crippen MR) is 101 cm³/mol. The summed E-state index contributed by atoms with van der Waals surface area (Å²) in [5.74, 6) is 0.464. The second kappa shape index (κ2) is 7.51. The molecule has 0 aliphatic rings. The number of aromatic amines is 1. The van der Waals surface area contributed by atoms with Crippen LogP contribution in [0.2, 0.25) is 0 Å². The highest BCUT2D eigenvalue weighted by atomic mass is 19.1. The van der Waals surface area contributed by atoms with E-state index < -0.39 is 0 Å². The van der Waals surface area contributed by atoms with Gasteiger partial charge >= 0.3 is 0 Å². The minimum atomic E-state index is -0.371. The molecule has 0 spiro atoms. The highest BCUT2D eigenvalue weighted by Gasteiger charge is 2.13. The second-order valence-corrected chi connectivity index (χ2v) is 6.28. The average molecular weight is 379 g/mol. The molecule has 7 nitrogen and oxygen atoms in total. The van der Waals surface area contributed by atoms with Crippen LogP contribution < -0.4 is 10.1 Å². The SMILES string of the molecule is Cn1c(CNC(=O)c2cc(COc3cccc(F)c3)[nH]n2)nc2ccccc21. The van der Waals surface area contributed by atoms with E-state index in [2.05, 4.69) is 20.5 Å². The largest absolute Gasteiger partial charge is 0.487 e. The molecule has 0 saturated heterocycles. The van der Waals surface area contributed by atoms with Crippen molar-refractivity contribution >= 4 is 16.9 Å². The molecule has 8 heteroatoms. The Kier molecular flexibility index (Phi) is 4.76. The topological polar surface area (TPSA) is 84.8 Å². The molecule has 0 aliphatic heterocycles. The molecule has 0 atom stereocenters. The van der Waals surface area contributed by atoms with Crippen LogP contribution >= 0.6 is 0 Å². The van der Waals surface area contributed by atoms with Gasteiger partial charge in [0.05, 0.1) is 23.3 Å². The van der Waals surface area contributed by atoms with Crippen molar-refractivity contribution in [2.24, 2.45) is 7.05 Å². The summed E-state index contributed by atoms with van der Waals surface area (Å²) in [4.78, 5) is 16.9. The first-order valence-electron chi connectivity index (χ1n) is 8.71. The number of carbonyl (C=O) groups is 1. The van der Waals surface area contributed by atoms with Gasteiger partial charge in [-0.1, -0.05) is 18.2 Å². The molecule has 2 N–H and O–H groups in total. The molecule has 0 radical (unpaired) electrons. The third-order valence-electron chi connectivity index (χ3n) is 4.34. The Morgan fingerprint density at radius 1 is 1.21 bits per heavy atom. The molecule has 2 heterocycles. The Labute approximate surface area is 160 Å². The van der Waals surface area contributed by atoms with Crippen molar-refractivity contribution in [3.63, 3.8) is 0 Å². The fourth-order valence-electron chi connectivity index (χ4n) is 2.87. The van der Waals surface area contributed by atoms with Gasteiger partial charge in [0.2, 0.25) is 0 Å². The van der Waals surface area contributed by atoms with E-state index >= 15 is 0 Å². The number of nitrogens with one attached hydrogen (secondary N) is 2. The van der Waals surface area contributed by atoms with Gasteiger partial charge in [-0.25, -0.2) is 9.37 Å². The van der Waals surface area contributed by atoms with E-state index in [1.807, 2.05) is 35.9 Å². The number of fused-ring (bicyclic) bond motifs is 1. The molecule has 0 bridgehead atoms. The van der Waals surface area contributed by atoms with Gasteiger partial charge in [-0.3, -0.25) is 9.89 Å². The van der Waals surface area contributed by atoms with Crippen LogP contribution in [0.3, 0.4) is 0 Å². The minimum absolute atomic E-state index is 0.147. The lowest BCUT2D eigenvalue weighted by molar-refractivity contribution is 0.0944. The van der Waals surface area contributed by atoms with Crippen LogP contribution in [0, 0.1) is 5.82 Å². The predicted octanol–water partition coefficient (Wildman–Crippen LogP) is 2.94. The van der Waals surface area contributed by atoms with E-state index in [0.29, 0.717) is 11.4 Å². The van der Waals surface area contributed by atoms with Crippen molar-refractivity contribution in [1.82, 2.24) is 25.1 Å². The summed E-state index contributed by atoms with van der Waals surface area (Å²) in [7, 11) is 1.91. The molecule has 0 saturated carbocycles. The van der Waals surface area contributed by atoms with Crippen molar-refractivity contribution in [2.75, 3.05) is 0 Å². The van der Waals surface area contributed by atoms with E-state index in [1.54, 1.807) is 18.2 Å². The summed E-state index contributed by atoms with van der Waals surface area (Å²) < 4.78 is 20.6. The fraction of sp³-hybridized carbons (Fsp3) is 0.150. The summed E-state index contributed by atoms with van der Waals surface area (Å²) in [6.45, 7) is 0.431. The lowest BCUT2D eigenvalue weighted by atomic mass is 10.3. The maximum absolute atomic E-state index is 13.2. The molecular formula is C20H18FN5O2. The summed E-state index contributed by atoms with van der Waals surface area (Å²) in [5.41, 5.74) is 2.74. The molecule has 0 unspecified atom stereocenters. The summed E-state index contributed by atoms with van der Waals surface area (Å²) in [5, 5.41) is 9.57. The number of carbonyl (C=O) groups excluding carboxylic acids is 1. The van der Waals surface area contributed by atoms with Crippen LogP contribution in [0.5, 0.6) is 5.75 Å². The number of benzene rings is 2. The van der Waals surface area contributed by atoms with Crippen LogP contribution in [-0.4, -0.2) is 25.7 Å². The van der Waals surface area contributed by atoms with Crippen LogP contribution in [0.1, 0.15) is 22.0 Å². The standard InChI is InChI=1S/C20H18FN5O2/c1-26-18-8-3-2-7-16(18)23-19(26)11-22-20(27)17-10-14(24-25-17)12-28-15-6-4-5-13(21)9-15/h2-10H,11-12H2,1H3,(H,22,27)(H,24,25). The lowest BCUT2D eigenvalue weighted by Gasteiger charge is -2.04. The van der Waals surface area contributed by atoms with Crippen molar-refractivity contribution in [3.8, 4) is 5.75 Å². The van der Waals surface area contributed by atoms with Crippen LogP contribution in [-0.2, 0) is 20.2 Å². The normalized spacial score (nSPS) is 10.9. The molecular weight excluding hydrogens is 361 g/mol. The van der Waals surface area contributed by atoms with Crippen LogP contribution in [0.4, 0.5) is 4.39 Å². The van der Waals surface area contributed by atoms with Gasteiger partial charge in [0, 0.05) is 13.1 Å². The van der Waals surface area contributed by atoms with Gasteiger partial charge in [0.25, 0.3) is 5.91 Å². The number of imidazole rings is 1. The van der Waals surface area contributed by atoms with E-state index in [0.717, 1.165) is 16.9 Å². The first-order chi connectivity index (χ1) is 13.6. The molecule has 0 fully saturated rings. The Bertz CT molecular complexity index is 1130. The zero-order chi connectivity index (χ0) is 19.5. The number of H-pyrrole nitrogens is 1. The lowest BCUT2D eigenvalue weighted by Crippen LogP contribution is -2.24. The van der Waals surface area contributed by atoms with E-state index in [9.17, 15) is 9.18 Å².